The Morgan fingerprint density at radius 2 is 1.41 bits per heavy atom. The molecule has 0 amide bonds. The van der Waals surface area contributed by atoms with Gasteiger partial charge in [0.25, 0.3) is 5.56 Å². The number of carbonyl (C=O) groups is 1. The Kier molecular flexibility index (Phi) is 2.60. The Labute approximate surface area is 153 Å². The monoisotopic (exact) mass is 348 g/mol. The lowest BCUT2D eigenvalue weighted by molar-refractivity contribution is 0.103. The molecule has 4 heteroatoms. The van der Waals surface area contributed by atoms with Crippen LogP contribution in [0.25, 0.3) is 38.1 Å². The van der Waals surface area contributed by atoms with Gasteiger partial charge in [0.05, 0.1) is 22.2 Å². The Balaban J connectivity index is 1.82. The average molecular weight is 348 g/mol. The minimum atomic E-state index is -0.206. The first-order valence-corrected chi connectivity index (χ1v) is 8.75. The minimum Gasteiger partial charge on any atom is -0.285 e. The maximum atomic E-state index is 13.4. The Morgan fingerprint density at radius 3 is 2.22 bits per heavy atom. The van der Waals surface area contributed by atoms with Crippen LogP contribution in [0.15, 0.2) is 77.6 Å². The highest BCUT2D eigenvalue weighted by Crippen LogP contribution is 2.33. The fourth-order valence-electron chi connectivity index (χ4n) is 4.03. The first kappa shape index (κ1) is 14.4. The van der Waals surface area contributed by atoms with Gasteiger partial charge in [-0.25, -0.2) is 4.98 Å². The van der Waals surface area contributed by atoms with Crippen molar-refractivity contribution in [3.8, 4) is 5.69 Å². The summed E-state index contributed by atoms with van der Waals surface area (Å²) in [6.07, 6.45) is 0. The zero-order valence-electron chi connectivity index (χ0n) is 14.1. The summed E-state index contributed by atoms with van der Waals surface area (Å²) < 4.78 is 1.48. The number of nitrogens with zero attached hydrogens (tertiary/aromatic N) is 2. The molecule has 4 nitrogen and oxygen atoms in total. The van der Waals surface area contributed by atoms with Crippen LogP contribution in [-0.2, 0) is 0 Å². The molecule has 0 spiro atoms. The van der Waals surface area contributed by atoms with E-state index in [1.807, 2.05) is 66.7 Å². The molecule has 1 aromatic heterocycles. The van der Waals surface area contributed by atoms with E-state index in [2.05, 4.69) is 4.98 Å². The van der Waals surface area contributed by atoms with E-state index in [4.69, 9.17) is 0 Å². The summed E-state index contributed by atoms with van der Waals surface area (Å²) in [5, 5.41) is 4.36. The fourth-order valence-corrected chi connectivity index (χ4v) is 4.03. The van der Waals surface area contributed by atoms with E-state index in [0.717, 1.165) is 21.5 Å². The van der Waals surface area contributed by atoms with Gasteiger partial charge in [0, 0.05) is 5.39 Å². The molecule has 0 aliphatic carbocycles. The lowest BCUT2D eigenvalue weighted by Gasteiger charge is -2.09. The first-order valence-electron chi connectivity index (χ1n) is 8.75. The van der Waals surface area contributed by atoms with Crippen molar-refractivity contribution < 1.29 is 4.79 Å². The number of ketones is 1. The molecule has 6 rings (SSSR count). The van der Waals surface area contributed by atoms with Gasteiger partial charge in [-0.15, -0.1) is 0 Å². The number of hydrogen-bond acceptors (Lipinski definition) is 3. The zero-order valence-corrected chi connectivity index (χ0v) is 14.1. The van der Waals surface area contributed by atoms with Crippen LogP contribution >= 0.6 is 0 Å². The topological polar surface area (TPSA) is 52.0 Å². The number of benzene rings is 4. The minimum absolute atomic E-state index is 0.189. The van der Waals surface area contributed by atoms with E-state index in [1.54, 1.807) is 6.07 Å². The van der Waals surface area contributed by atoms with Crippen LogP contribution in [0, 0.1) is 0 Å². The van der Waals surface area contributed by atoms with Crippen LogP contribution in [0.4, 0.5) is 0 Å². The second-order valence-corrected chi connectivity index (χ2v) is 6.80. The molecule has 1 aliphatic rings. The zero-order chi connectivity index (χ0) is 18.1. The van der Waals surface area contributed by atoms with Gasteiger partial charge >= 0.3 is 0 Å². The second kappa shape index (κ2) is 4.89. The van der Waals surface area contributed by atoms with Crippen molar-refractivity contribution in [2.45, 2.75) is 0 Å². The molecule has 0 N–H and O–H groups in total. The summed E-state index contributed by atoms with van der Waals surface area (Å²) in [7, 11) is 0. The predicted octanol–water partition coefficient (Wildman–Crippen LogP) is 4.24. The highest BCUT2D eigenvalue weighted by atomic mass is 16.1. The van der Waals surface area contributed by atoms with Crippen molar-refractivity contribution in [3.63, 3.8) is 0 Å². The van der Waals surface area contributed by atoms with Crippen LogP contribution < -0.4 is 5.56 Å². The molecule has 126 valence electrons. The van der Waals surface area contributed by atoms with Crippen LogP contribution in [-0.4, -0.2) is 15.3 Å². The van der Waals surface area contributed by atoms with Crippen molar-refractivity contribution >= 4 is 38.2 Å². The number of fused-ring (bicyclic) bond motifs is 7. The fraction of sp³-hybridized carbons (Fsp3) is 0. The Bertz CT molecular complexity index is 1510. The van der Waals surface area contributed by atoms with E-state index >= 15 is 0 Å². The van der Waals surface area contributed by atoms with Crippen LogP contribution in [0.1, 0.15) is 16.2 Å². The maximum absolute atomic E-state index is 13.4. The van der Waals surface area contributed by atoms with Crippen molar-refractivity contribution in [3.05, 3.63) is 94.5 Å². The Morgan fingerprint density at radius 1 is 0.704 bits per heavy atom. The Hall–Kier alpha value is -3.79. The molecule has 0 radical (unpaired) electrons. The lowest BCUT2D eigenvalue weighted by atomic mass is 10.0. The normalized spacial score (nSPS) is 12.7. The van der Waals surface area contributed by atoms with E-state index < -0.39 is 0 Å². The van der Waals surface area contributed by atoms with E-state index in [1.165, 1.54) is 4.57 Å². The SMILES string of the molecule is O=C1c2ccc3ccccc3c2-n2c1nc1cc3ccccc3cc1c2=O. The third-order valence-corrected chi connectivity index (χ3v) is 5.31. The number of rotatable bonds is 0. The molecule has 0 bridgehead atoms. The summed E-state index contributed by atoms with van der Waals surface area (Å²) in [6, 6.07) is 23.1. The van der Waals surface area contributed by atoms with Gasteiger partial charge in [-0.05, 0) is 34.4 Å². The molecule has 0 fully saturated rings. The van der Waals surface area contributed by atoms with Gasteiger partial charge in [0.2, 0.25) is 5.78 Å². The van der Waals surface area contributed by atoms with Gasteiger partial charge in [-0.1, -0.05) is 54.6 Å². The molecule has 0 atom stereocenters. The quantitative estimate of drug-likeness (QED) is 0.386. The molecule has 1 aliphatic heterocycles. The van der Waals surface area contributed by atoms with Gasteiger partial charge in [0.1, 0.15) is 0 Å². The molecular formula is C23H12N2O2. The van der Waals surface area contributed by atoms with Gasteiger partial charge < -0.3 is 0 Å². The molecule has 0 saturated carbocycles. The molecule has 4 aromatic carbocycles. The largest absolute Gasteiger partial charge is 0.285 e. The number of hydrogen-bond donors (Lipinski definition) is 0. The molecule has 5 aromatic rings. The van der Waals surface area contributed by atoms with Crippen molar-refractivity contribution in [1.29, 1.82) is 0 Å². The van der Waals surface area contributed by atoms with E-state index in [-0.39, 0.29) is 17.2 Å². The smallest absolute Gasteiger partial charge is 0.266 e. The standard InChI is InChI=1S/C23H12N2O2/c26-21-17-10-9-13-5-3-4-8-16(13)20(17)25-22(21)24-19-12-15-7-2-1-6-14(15)11-18(19)23(25)27/h1-12H. The van der Waals surface area contributed by atoms with Crippen molar-refractivity contribution in [2.75, 3.05) is 0 Å². The summed E-state index contributed by atoms with van der Waals surface area (Å²) in [5.74, 6) is -0.0166. The number of aromatic nitrogens is 2. The summed E-state index contributed by atoms with van der Waals surface area (Å²) >= 11 is 0. The highest BCUT2D eigenvalue weighted by Gasteiger charge is 2.31. The van der Waals surface area contributed by atoms with Gasteiger partial charge in [0.15, 0.2) is 5.82 Å². The van der Waals surface area contributed by atoms with E-state index in [0.29, 0.717) is 22.2 Å². The van der Waals surface area contributed by atoms with Gasteiger partial charge in [-0.2, -0.15) is 0 Å². The van der Waals surface area contributed by atoms with Crippen LogP contribution in [0.3, 0.4) is 0 Å². The second-order valence-electron chi connectivity index (χ2n) is 6.80. The van der Waals surface area contributed by atoms with Crippen molar-refractivity contribution in [1.82, 2.24) is 9.55 Å². The molecule has 0 saturated heterocycles. The van der Waals surface area contributed by atoms with Crippen molar-refractivity contribution in [2.24, 2.45) is 0 Å². The molecule has 2 heterocycles. The summed E-state index contributed by atoms with van der Waals surface area (Å²) in [6.45, 7) is 0. The molecule has 27 heavy (non-hydrogen) atoms. The predicted molar refractivity (Wildman–Crippen MR) is 106 cm³/mol. The van der Waals surface area contributed by atoms with Crippen LogP contribution in [0.5, 0.6) is 0 Å². The maximum Gasteiger partial charge on any atom is 0.266 e. The average Bonchev–Trinajstić information content (AvgIpc) is 3.00. The summed E-state index contributed by atoms with van der Waals surface area (Å²) in [5.41, 5.74) is 1.51. The number of carbonyl (C=O) groups excluding carboxylic acids is 1. The molecular weight excluding hydrogens is 336 g/mol. The molecule has 0 unspecified atom stereocenters. The highest BCUT2D eigenvalue weighted by molar-refractivity contribution is 6.17. The third-order valence-electron chi connectivity index (χ3n) is 5.31. The first-order chi connectivity index (χ1) is 13.2. The summed E-state index contributed by atoms with van der Waals surface area (Å²) in [4.78, 5) is 30.9. The lowest BCUT2D eigenvalue weighted by Crippen LogP contribution is -2.21. The third kappa shape index (κ3) is 1.79. The van der Waals surface area contributed by atoms with Gasteiger partial charge in [-0.3, -0.25) is 14.2 Å². The van der Waals surface area contributed by atoms with Crippen LogP contribution in [0.2, 0.25) is 0 Å². The van der Waals surface area contributed by atoms with E-state index in [9.17, 15) is 9.59 Å².